The number of rotatable bonds is 6. The van der Waals surface area contributed by atoms with Crippen molar-refractivity contribution < 1.29 is 36.0 Å². The maximum absolute atomic E-state index is 13.9. The van der Waals surface area contributed by atoms with Crippen molar-refractivity contribution in [1.29, 1.82) is 0 Å². The molecule has 0 aliphatic carbocycles. The van der Waals surface area contributed by atoms with Crippen molar-refractivity contribution in [3.05, 3.63) is 52.7 Å². The lowest BCUT2D eigenvalue weighted by Gasteiger charge is -2.37. The van der Waals surface area contributed by atoms with Gasteiger partial charge < -0.3 is 25.0 Å². The molecule has 13 nitrogen and oxygen atoms in total. The van der Waals surface area contributed by atoms with Gasteiger partial charge in [-0.3, -0.25) is 19.1 Å². The van der Waals surface area contributed by atoms with E-state index in [0.717, 1.165) is 43.0 Å². The molecule has 2 N–H and O–H groups in total. The Kier molecular flexibility index (Phi) is 8.82. The molecule has 3 saturated heterocycles. The minimum Gasteiger partial charge on any atom is -0.339 e. The van der Waals surface area contributed by atoms with E-state index in [-0.39, 0.29) is 62.6 Å². The molecule has 252 valence electrons. The Hall–Kier alpha value is -3.96. The van der Waals surface area contributed by atoms with E-state index in [4.69, 9.17) is 11.6 Å². The van der Waals surface area contributed by atoms with Crippen LogP contribution in [0.15, 0.2) is 30.6 Å². The second-order valence-electron chi connectivity index (χ2n) is 11.9. The predicted molar refractivity (Wildman–Crippen MR) is 165 cm³/mol. The zero-order valence-corrected chi connectivity index (χ0v) is 26.8. The summed E-state index contributed by atoms with van der Waals surface area (Å²) in [5, 5.41) is 9.57. The van der Waals surface area contributed by atoms with Gasteiger partial charge in [0.1, 0.15) is 0 Å². The number of imidazole rings is 1. The van der Waals surface area contributed by atoms with Crippen LogP contribution in [0.2, 0.25) is 5.02 Å². The number of alkyl halides is 3. The summed E-state index contributed by atoms with van der Waals surface area (Å²) in [6.45, 7) is 3.22. The highest BCUT2D eigenvalue weighted by Crippen LogP contribution is 2.38. The summed E-state index contributed by atoms with van der Waals surface area (Å²) < 4.78 is 66.9. The van der Waals surface area contributed by atoms with E-state index in [9.17, 15) is 36.0 Å². The van der Waals surface area contributed by atoms with E-state index in [2.05, 4.69) is 20.7 Å². The number of anilines is 1. The normalized spacial score (nSPS) is 19.0. The average molecular weight is 697 g/mol. The van der Waals surface area contributed by atoms with E-state index < -0.39 is 33.7 Å². The van der Waals surface area contributed by atoms with Gasteiger partial charge in [-0.2, -0.15) is 18.3 Å². The maximum atomic E-state index is 13.9. The lowest BCUT2D eigenvalue weighted by Crippen LogP contribution is -2.52. The Morgan fingerprint density at radius 3 is 2.32 bits per heavy atom. The molecule has 0 unspecified atom stereocenters. The molecule has 5 heterocycles. The van der Waals surface area contributed by atoms with Crippen molar-refractivity contribution in [2.75, 3.05) is 56.1 Å². The fourth-order valence-corrected chi connectivity index (χ4v) is 7.76. The van der Waals surface area contributed by atoms with Gasteiger partial charge in [0, 0.05) is 51.0 Å². The zero-order chi connectivity index (χ0) is 33.7. The molecular weight excluding hydrogens is 665 g/mol. The number of nitrogens with zero attached hydrogens (tertiary/aromatic N) is 6. The van der Waals surface area contributed by atoms with Gasteiger partial charge in [-0.15, -0.1) is 0 Å². The van der Waals surface area contributed by atoms with Gasteiger partial charge in [0.15, 0.2) is 21.4 Å². The van der Waals surface area contributed by atoms with Gasteiger partial charge in [-0.25, -0.2) is 13.4 Å². The largest absolute Gasteiger partial charge is 0.435 e. The van der Waals surface area contributed by atoms with Crippen LogP contribution in [0.3, 0.4) is 0 Å². The van der Waals surface area contributed by atoms with E-state index in [1.807, 2.05) is 0 Å². The van der Waals surface area contributed by atoms with Crippen LogP contribution < -0.4 is 10.6 Å². The Morgan fingerprint density at radius 1 is 1.04 bits per heavy atom. The standard InChI is InChI=1S/C29H32ClF3N8O5S/c1-38-23(21-14-41(19-15-47(45,46)16-19)37-24(21)29(31,32)33)13-35-25(38)26(42)36-18-2-3-20(22(30)12-18)28(44)40-10-8-39(9-11-40)27(43)17-4-6-34-7-5-17/h2-3,12-14,17,19,34H,4-11,15-16H2,1H3,(H,36,42). The fourth-order valence-electron chi connectivity index (χ4n) is 6.12. The number of benzene rings is 1. The molecule has 47 heavy (non-hydrogen) atoms. The first-order valence-corrected chi connectivity index (χ1v) is 17.2. The number of piperazine rings is 1. The Morgan fingerprint density at radius 2 is 1.70 bits per heavy atom. The Labute approximate surface area is 273 Å². The van der Waals surface area contributed by atoms with Gasteiger partial charge in [0.05, 0.1) is 45.6 Å². The SMILES string of the molecule is Cn1c(-c2cn(C3CS(=O)(=O)C3)nc2C(F)(F)F)cnc1C(=O)Nc1ccc(C(=O)N2CCN(C(=O)C3CCNCC3)CC2)c(Cl)c1. The molecule has 18 heteroatoms. The third-order valence-electron chi connectivity index (χ3n) is 8.76. The van der Waals surface area contributed by atoms with Crippen LogP contribution in [-0.4, -0.2) is 106 Å². The highest BCUT2D eigenvalue weighted by molar-refractivity contribution is 7.92. The summed E-state index contributed by atoms with van der Waals surface area (Å²) in [6.07, 6.45) is -1.01. The number of piperidine rings is 1. The number of aromatic nitrogens is 4. The summed E-state index contributed by atoms with van der Waals surface area (Å²) in [4.78, 5) is 46.7. The monoisotopic (exact) mass is 696 g/mol. The number of nitrogens with one attached hydrogen (secondary N) is 2. The minimum atomic E-state index is -4.84. The number of hydrogen-bond acceptors (Lipinski definition) is 8. The summed E-state index contributed by atoms with van der Waals surface area (Å²) in [7, 11) is -1.94. The first-order chi connectivity index (χ1) is 22.2. The zero-order valence-electron chi connectivity index (χ0n) is 25.3. The van der Waals surface area contributed by atoms with Crippen LogP contribution in [0.5, 0.6) is 0 Å². The molecule has 0 atom stereocenters. The van der Waals surface area contributed by atoms with Crippen LogP contribution >= 0.6 is 11.6 Å². The van der Waals surface area contributed by atoms with Gasteiger partial charge in [-0.05, 0) is 44.1 Å². The third kappa shape index (κ3) is 6.73. The molecule has 2 aromatic heterocycles. The van der Waals surface area contributed by atoms with Crippen LogP contribution in [0.25, 0.3) is 11.3 Å². The first kappa shape index (κ1) is 33.0. The second kappa shape index (κ2) is 12.6. The van der Waals surface area contributed by atoms with Crippen molar-refractivity contribution in [3.8, 4) is 11.3 Å². The highest BCUT2D eigenvalue weighted by atomic mass is 35.5. The molecule has 1 aromatic carbocycles. The average Bonchev–Trinajstić information content (AvgIpc) is 3.64. The number of amides is 3. The number of carbonyl (C=O) groups is 3. The maximum Gasteiger partial charge on any atom is 0.435 e. The second-order valence-corrected chi connectivity index (χ2v) is 14.5. The molecule has 3 aromatic rings. The quantitative estimate of drug-likeness (QED) is 0.399. The molecule has 3 fully saturated rings. The molecule has 0 saturated carbocycles. The first-order valence-electron chi connectivity index (χ1n) is 15.0. The van der Waals surface area contributed by atoms with Crippen LogP contribution in [0.4, 0.5) is 18.9 Å². The number of carbonyl (C=O) groups excluding carboxylic acids is 3. The van der Waals surface area contributed by atoms with Crippen molar-refractivity contribution >= 4 is 44.8 Å². The van der Waals surface area contributed by atoms with Crippen LogP contribution in [0, 0.1) is 5.92 Å². The predicted octanol–water partition coefficient (Wildman–Crippen LogP) is 2.46. The third-order valence-corrected chi connectivity index (χ3v) is 10.9. The molecule has 0 radical (unpaired) electrons. The lowest BCUT2D eigenvalue weighted by molar-refractivity contribution is -0.141. The van der Waals surface area contributed by atoms with E-state index in [1.165, 1.54) is 29.8 Å². The molecule has 3 aliphatic rings. The number of sulfone groups is 1. The minimum absolute atomic E-state index is 0.00420. The topological polar surface area (TPSA) is 152 Å². The van der Waals surface area contributed by atoms with Gasteiger partial charge in [0.2, 0.25) is 5.91 Å². The highest BCUT2D eigenvalue weighted by Gasteiger charge is 2.42. The molecule has 0 spiro atoms. The Bertz CT molecular complexity index is 1820. The lowest BCUT2D eigenvalue weighted by atomic mass is 9.96. The number of halogens is 4. The smallest absolute Gasteiger partial charge is 0.339 e. The molecule has 0 bridgehead atoms. The molecule has 6 rings (SSSR count). The Balaban J connectivity index is 1.11. The number of hydrogen-bond donors (Lipinski definition) is 2. The summed E-state index contributed by atoms with van der Waals surface area (Å²) in [5.41, 5.74) is -1.17. The molecular formula is C29H32ClF3N8O5S. The summed E-state index contributed by atoms with van der Waals surface area (Å²) >= 11 is 6.45. The van der Waals surface area contributed by atoms with E-state index in [1.54, 1.807) is 9.80 Å². The van der Waals surface area contributed by atoms with Crippen LogP contribution in [-0.2, 0) is 27.9 Å². The molecule has 3 aliphatic heterocycles. The summed E-state index contributed by atoms with van der Waals surface area (Å²) in [6, 6.07) is 3.63. The van der Waals surface area contributed by atoms with Crippen molar-refractivity contribution in [2.45, 2.75) is 25.1 Å². The van der Waals surface area contributed by atoms with Gasteiger partial charge in [-0.1, -0.05) is 11.6 Å². The fraction of sp³-hybridized carbons (Fsp3) is 0.483. The van der Waals surface area contributed by atoms with Crippen molar-refractivity contribution in [3.63, 3.8) is 0 Å². The van der Waals surface area contributed by atoms with Crippen molar-refractivity contribution in [2.24, 2.45) is 13.0 Å². The van der Waals surface area contributed by atoms with Gasteiger partial charge >= 0.3 is 6.18 Å². The van der Waals surface area contributed by atoms with Crippen LogP contribution in [0.1, 0.15) is 45.6 Å². The van der Waals surface area contributed by atoms with E-state index in [0.29, 0.717) is 26.2 Å². The molecule has 3 amide bonds. The van der Waals surface area contributed by atoms with Gasteiger partial charge in [0.25, 0.3) is 11.8 Å². The summed E-state index contributed by atoms with van der Waals surface area (Å²) in [5.74, 6) is -1.75. The van der Waals surface area contributed by atoms with Crippen molar-refractivity contribution in [1.82, 2.24) is 34.4 Å². The van der Waals surface area contributed by atoms with E-state index >= 15 is 0 Å².